The quantitative estimate of drug-likeness (QED) is 0.294. The summed E-state index contributed by atoms with van der Waals surface area (Å²) in [5.41, 5.74) is 3.32. The second-order valence-corrected chi connectivity index (χ2v) is 9.03. The van der Waals surface area contributed by atoms with Gasteiger partial charge in [-0.05, 0) is 55.3 Å². The van der Waals surface area contributed by atoms with Gasteiger partial charge in [-0.2, -0.15) is 0 Å². The summed E-state index contributed by atoms with van der Waals surface area (Å²) in [6.45, 7) is 4.26. The Kier molecular flexibility index (Phi) is 8.70. The molecule has 1 amide bonds. The van der Waals surface area contributed by atoms with Crippen molar-refractivity contribution in [3.8, 4) is 28.7 Å². The van der Waals surface area contributed by atoms with E-state index in [4.69, 9.17) is 18.6 Å². The second kappa shape index (κ2) is 12.3. The van der Waals surface area contributed by atoms with Crippen LogP contribution in [0.2, 0.25) is 0 Å². The van der Waals surface area contributed by atoms with Gasteiger partial charge in [0.05, 0.1) is 26.5 Å². The number of aliphatic carboxylic acids is 1. The van der Waals surface area contributed by atoms with E-state index in [1.165, 1.54) is 11.0 Å². The number of nitrogens with zero attached hydrogens (tertiary/aromatic N) is 2. The fraction of sp³-hybridized carbons (Fsp3) is 0.300. The van der Waals surface area contributed by atoms with Crippen LogP contribution in [0.15, 0.2) is 65.1 Å². The maximum atomic E-state index is 12.7. The van der Waals surface area contributed by atoms with Crippen molar-refractivity contribution in [3.05, 3.63) is 83.3 Å². The smallest absolute Gasteiger partial charge is 0.326 e. The average molecular weight is 533 g/mol. The number of aryl methyl sites for hydroxylation is 1. The van der Waals surface area contributed by atoms with Crippen molar-refractivity contribution < 1.29 is 33.3 Å². The molecule has 0 spiro atoms. The fourth-order valence-corrected chi connectivity index (χ4v) is 4.47. The predicted octanol–water partition coefficient (Wildman–Crippen LogP) is 4.76. The number of benzene rings is 2. The summed E-state index contributed by atoms with van der Waals surface area (Å²) in [7, 11) is 3.16. The summed E-state index contributed by atoms with van der Waals surface area (Å²) in [6.07, 6.45) is 7.29. The number of carbonyl (C=O) groups is 2. The number of aromatic nitrogens is 1. The van der Waals surface area contributed by atoms with E-state index in [9.17, 15) is 14.7 Å². The number of hydrogen-bond donors (Lipinski definition) is 1. The van der Waals surface area contributed by atoms with Crippen LogP contribution in [-0.4, -0.2) is 53.7 Å². The molecule has 2 heterocycles. The lowest BCUT2D eigenvalue weighted by Crippen LogP contribution is -2.48. The highest BCUT2D eigenvalue weighted by molar-refractivity contribution is 5.92. The minimum absolute atomic E-state index is 0.194. The van der Waals surface area contributed by atoms with E-state index in [1.807, 2.05) is 44.2 Å². The first-order chi connectivity index (χ1) is 18.8. The van der Waals surface area contributed by atoms with Crippen LogP contribution in [0.4, 0.5) is 0 Å². The number of oxazole rings is 1. The summed E-state index contributed by atoms with van der Waals surface area (Å²) < 4.78 is 22.6. The van der Waals surface area contributed by atoms with Crippen molar-refractivity contribution in [1.82, 2.24) is 9.88 Å². The first-order valence-electron chi connectivity index (χ1n) is 12.6. The molecule has 204 valence electrons. The summed E-state index contributed by atoms with van der Waals surface area (Å²) in [6, 6.07) is 10.1. The Labute approximate surface area is 227 Å². The summed E-state index contributed by atoms with van der Waals surface area (Å²) in [5, 5.41) is 9.70. The van der Waals surface area contributed by atoms with E-state index in [0.717, 1.165) is 22.4 Å². The lowest BCUT2D eigenvalue weighted by molar-refractivity contribution is -0.149. The molecule has 4 rings (SSSR count). The lowest BCUT2D eigenvalue weighted by atomic mass is 9.93. The molecule has 0 unspecified atom stereocenters. The number of fused-ring (bicyclic) bond motifs is 1. The average Bonchev–Trinajstić information content (AvgIpc) is 3.31. The molecule has 0 saturated heterocycles. The third kappa shape index (κ3) is 6.31. The Balaban J connectivity index is 1.43. The molecule has 1 N–H and O–H groups in total. The van der Waals surface area contributed by atoms with E-state index in [1.54, 1.807) is 38.5 Å². The lowest BCUT2D eigenvalue weighted by Gasteiger charge is -2.34. The molecule has 0 saturated carbocycles. The van der Waals surface area contributed by atoms with Crippen molar-refractivity contribution in [1.29, 1.82) is 0 Å². The van der Waals surface area contributed by atoms with Crippen LogP contribution < -0.4 is 14.2 Å². The molecule has 1 aromatic heterocycles. The highest BCUT2D eigenvalue weighted by Crippen LogP contribution is 2.33. The molecule has 0 radical (unpaired) electrons. The van der Waals surface area contributed by atoms with Gasteiger partial charge in [0.25, 0.3) is 0 Å². The second-order valence-electron chi connectivity index (χ2n) is 9.03. The van der Waals surface area contributed by atoms with E-state index in [-0.39, 0.29) is 18.9 Å². The molecular formula is C30H32N2O7. The molecule has 0 aliphatic carbocycles. The van der Waals surface area contributed by atoms with E-state index in [0.29, 0.717) is 41.9 Å². The largest absolute Gasteiger partial charge is 0.493 e. The standard InChI is InChI=1S/C30H32N2O7/c1-5-6-7-8-28(33)32-18-22-15-23(11-9-20(22)16-25(32)30(34)35)38-14-13-24-19(2)39-29(31-24)21-10-12-26(36-3)27(17-21)37-4/h5-12,15,17,25H,13-14,16,18H2,1-4H3,(H,34,35)/b6-5+,8-7+/t25-/m0/s1. The van der Waals surface area contributed by atoms with Gasteiger partial charge in [0.1, 0.15) is 17.6 Å². The topological polar surface area (TPSA) is 111 Å². The van der Waals surface area contributed by atoms with Gasteiger partial charge in [0.15, 0.2) is 11.5 Å². The number of allylic oxidation sites excluding steroid dienone is 3. The van der Waals surface area contributed by atoms with Crippen molar-refractivity contribution in [2.45, 2.75) is 39.3 Å². The molecule has 0 fully saturated rings. The molecule has 9 heteroatoms. The zero-order valence-electron chi connectivity index (χ0n) is 22.5. The Morgan fingerprint density at radius 2 is 1.90 bits per heavy atom. The molecule has 1 aliphatic heterocycles. The Morgan fingerprint density at radius 3 is 2.62 bits per heavy atom. The first-order valence-corrected chi connectivity index (χ1v) is 12.6. The first kappa shape index (κ1) is 27.5. The maximum absolute atomic E-state index is 12.7. The van der Waals surface area contributed by atoms with Crippen molar-refractivity contribution >= 4 is 11.9 Å². The number of ether oxygens (including phenoxy) is 3. The zero-order valence-corrected chi connectivity index (χ0v) is 22.5. The van der Waals surface area contributed by atoms with Gasteiger partial charge in [0.2, 0.25) is 11.8 Å². The zero-order chi connectivity index (χ0) is 27.9. The molecule has 2 aromatic carbocycles. The van der Waals surface area contributed by atoms with Crippen LogP contribution >= 0.6 is 0 Å². The van der Waals surface area contributed by atoms with Crippen LogP contribution in [-0.2, 0) is 29.0 Å². The van der Waals surface area contributed by atoms with Gasteiger partial charge in [0, 0.05) is 31.0 Å². The number of methoxy groups -OCH3 is 2. The van der Waals surface area contributed by atoms with Gasteiger partial charge >= 0.3 is 5.97 Å². The number of carboxylic acid groups (broad SMARTS) is 1. The monoisotopic (exact) mass is 532 g/mol. The molecule has 1 aliphatic rings. The predicted molar refractivity (Wildman–Crippen MR) is 145 cm³/mol. The number of amides is 1. The number of hydrogen-bond acceptors (Lipinski definition) is 7. The maximum Gasteiger partial charge on any atom is 0.326 e. The Hall–Kier alpha value is -4.53. The summed E-state index contributed by atoms with van der Waals surface area (Å²) >= 11 is 0. The SMILES string of the molecule is C/C=C/C=C/C(=O)N1Cc2cc(OCCc3nc(-c4ccc(OC)c(OC)c4)oc3C)ccc2C[C@H]1C(=O)O. The highest BCUT2D eigenvalue weighted by Gasteiger charge is 2.33. The van der Waals surface area contributed by atoms with E-state index < -0.39 is 12.0 Å². The van der Waals surface area contributed by atoms with Crippen LogP contribution in [0.3, 0.4) is 0 Å². The van der Waals surface area contributed by atoms with Crippen molar-refractivity contribution in [2.24, 2.45) is 0 Å². The van der Waals surface area contributed by atoms with Crippen molar-refractivity contribution in [2.75, 3.05) is 20.8 Å². The molecule has 9 nitrogen and oxygen atoms in total. The minimum Gasteiger partial charge on any atom is -0.493 e. The van der Waals surface area contributed by atoms with E-state index >= 15 is 0 Å². The number of rotatable bonds is 10. The van der Waals surface area contributed by atoms with Gasteiger partial charge < -0.3 is 28.6 Å². The van der Waals surface area contributed by atoms with Crippen LogP contribution in [0.1, 0.15) is 29.5 Å². The van der Waals surface area contributed by atoms with Crippen LogP contribution in [0.25, 0.3) is 11.5 Å². The normalized spacial score (nSPS) is 15.0. The van der Waals surface area contributed by atoms with Crippen LogP contribution in [0, 0.1) is 6.92 Å². The van der Waals surface area contributed by atoms with Crippen LogP contribution in [0.5, 0.6) is 17.2 Å². The molecule has 39 heavy (non-hydrogen) atoms. The van der Waals surface area contributed by atoms with Gasteiger partial charge in [-0.3, -0.25) is 4.79 Å². The third-order valence-corrected chi connectivity index (χ3v) is 6.55. The Bertz CT molecular complexity index is 1410. The number of carbonyl (C=O) groups excluding carboxylic acids is 1. The molecule has 3 aromatic rings. The van der Waals surface area contributed by atoms with E-state index in [2.05, 4.69) is 4.98 Å². The minimum atomic E-state index is -1.02. The molecular weight excluding hydrogens is 500 g/mol. The Morgan fingerprint density at radius 1 is 1.10 bits per heavy atom. The summed E-state index contributed by atoms with van der Waals surface area (Å²) in [4.78, 5) is 30.6. The van der Waals surface area contributed by atoms with Crippen molar-refractivity contribution in [3.63, 3.8) is 0 Å². The molecule has 1 atom stereocenters. The highest BCUT2D eigenvalue weighted by atomic mass is 16.5. The number of carboxylic acids is 1. The van der Waals surface area contributed by atoms with Gasteiger partial charge in [-0.1, -0.05) is 24.3 Å². The fourth-order valence-electron chi connectivity index (χ4n) is 4.47. The summed E-state index contributed by atoms with van der Waals surface area (Å²) in [5.74, 6) is 1.67. The van der Waals surface area contributed by atoms with Gasteiger partial charge in [-0.15, -0.1) is 0 Å². The molecule has 0 bridgehead atoms. The van der Waals surface area contributed by atoms with Gasteiger partial charge in [-0.25, -0.2) is 9.78 Å². The third-order valence-electron chi connectivity index (χ3n) is 6.55.